The molecule has 10 rings (SSSR count). The van der Waals surface area contributed by atoms with E-state index in [1.165, 1.54) is 38.4 Å². The molecule has 244 valence electrons. The van der Waals surface area contributed by atoms with E-state index in [9.17, 15) is 0 Å². The van der Waals surface area contributed by atoms with E-state index in [0.717, 1.165) is 55.5 Å². The molecule has 0 aliphatic heterocycles. The summed E-state index contributed by atoms with van der Waals surface area (Å²) in [6.45, 7) is 0. The molecule has 0 saturated carbocycles. The third-order valence-electron chi connectivity index (χ3n) is 10.2. The van der Waals surface area contributed by atoms with Gasteiger partial charge in [-0.25, -0.2) is 0 Å². The van der Waals surface area contributed by atoms with E-state index in [0.29, 0.717) is 0 Å². The van der Waals surface area contributed by atoms with Gasteiger partial charge in [-0.05, 0) is 110 Å². The van der Waals surface area contributed by atoms with Crippen molar-refractivity contribution in [3.05, 3.63) is 200 Å². The van der Waals surface area contributed by atoms with Crippen LogP contribution in [0, 0.1) is 0 Å². The van der Waals surface area contributed by atoms with E-state index in [4.69, 9.17) is 4.42 Å². The molecular formula is C50H33NO. The Bertz CT molecular complexity index is 2890. The smallest absolute Gasteiger partial charge is 0.143 e. The van der Waals surface area contributed by atoms with Crippen molar-refractivity contribution in [2.45, 2.75) is 0 Å². The van der Waals surface area contributed by atoms with Gasteiger partial charge in [0.05, 0.1) is 0 Å². The van der Waals surface area contributed by atoms with E-state index in [1.54, 1.807) is 0 Å². The highest BCUT2D eigenvalue weighted by Gasteiger charge is 2.16. The minimum absolute atomic E-state index is 0.901. The summed E-state index contributed by atoms with van der Waals surface area (Å²) in [6, 6.07) is 71.7. The standard InChI is InChI=1S/C50H33NO/c1-2-9-34(10-3-1)36-19-25-43(26-20-36)51(45-15-8-14-40(32-45)41-18-17-35-11-4-5-13-39(35)31-41)44-27-21-37(22-28-44)42-24-29-47-48-30-23-38-12-6-7-16-46(38)50(48)52-49(47)33-42/h1-33H. The minimum Gasteiger partial charge on any atom is -0.455 e. The van der Waals surface area contributed by atoms with Crippen LogP contribution < -0.4 is 4.90 Å². The van der Waals surface area contributed by atoms with Gasteiger partial charge in [0.1, 0.15) is 11.2 Å². The minimum atomic E-state index is 0.901. The van der Waals surface area contributed by atoms with E-state index < -0.39 is 0 Å². The molecule has 0 aliphatic rings. The summed E-state index contributed by atoms with van der Waals surface area (Å²) in [5, 5.41) is 7.10. The Morgan fingerprint density at radius 3 is 1.62 bits per heavy atom. The van der Waals surface area contributed by atoms with Crippen LogP contribution in [0.25, 0.3) is 76.9 Å². The van der Waals surface area contributed by atoms with Gasteiger partial charge in [0.25, 0.3) is 0 Å². The molecule has 9 aromatic carbocycles. The summed E-state index contributed by atoms with van der Waals surface area (Å²) < 4.78 is 6.51. The summed E-state index contributed by atoms with van der Waals surface area (Å²) in [5.74, 6) is 0. The van der Waals surface area contributed by atoms with Gasteiger partial charge in [0.15, 0.2) is 0 Å². The number of anilines is 3. The van der Waals surface area contributed by atoms with E-state index in [2.05, 4.69) is 205 Å². The fourth-order valence-electron chi connectivity index (χ4n) is 7.56. The molecule has 0 radical (unpaired) electrons. The second-order valence-electron chi connectivity index (χ2n) is 13.4. The molecule has 0 fully saturated rings. The average Bonchev–Trinajstić information content (AvgIpc) is 3.60. The Morgan fingerprint density at radius 2 is 0.827 bits per heavy atom. The van der Waals surface area contributed by atoms with Crippen LogP contribution in [0.15, 0.2) is 205 Å². The molecule has 0 saturated heterocycles. The maximum atomic E-state index is 6.51. The van der Waals surface area contributed by atoms with Gasteiger partial charge in [-0.3, -0.25) is 0 Å². The first-order valence-electron chi connectivity index (χ1n) is 17.7. The van der Waals surface area contributed by atoms with Gasteiger partial charge in [0.2, 0.25) is 0 Å². The number of benzene rings is 9. The topological polar surface area (TPSA) is 16.4 Å². The van der Waals surface area contributed by atoms with E-state index in [1.807, 2.05) is 0 Å². The Balaban J connectivity index is 1.04. The highest BCUT2D eigenvalue weighted by atomic mass is 16.3. The molecule has 1 heterocycles. The van der Waals surface area contributed by atoms with Crippen molar-refractivity contribution in [3.8, 4) is 33.4 Å². The molecule has 2 heteroatoms. The van der Waals surface area contributed by atoms with E-state index in [-0.39, 0.29) is 0 Å². The fourth-order valence-corrected chi connectivity index (χ4v) is 7.56. The number of furan rings is 1. The van der Waals surface area contributed by atoms with Gasteiger partial charge in [-0.1, -0.05) is 140 Å². The first-order valence-corrected chi connectivity index (χ1v) is 17.7. The van der Waals surface area contributed by atoms with Gasteiger partial charge in [0, 0.05) is 33.2 Å². The zero-order valence-electron chi connectivity index (χ0n) is 28.4. The van der Waals surface area contributed by atoms with Crippen LogP contribution in [0.4, 0.5) is 17.1 Å². The van der Waals surface area contributed by atoms with Crippen molar-refractivity contribution < 1.29 is 4.42 Å². The second-order valence-corrected chi connectivity index (χ2v) is 13.4. The Hall–Kier alpha value is -6.90. The van der Waals surface area contributed by atoms with Gasteiger partial charge in [-0.15, -0.1) is 0 Å². The lowest BCUT2D eigenvalue weighted by Crippen LogP contribution is -2.10. The predicted octanol–water partition coefficient (Wildman–Crippen LogP) is 14.4. The number of hydrogen-bond donors (Lipinski definition) is 0. The summed E-state index contributed by atoms with van der Waals surface area (Å²) >= 11 is 0. The Labute approximate surface area is 302 Å². The maximum absolute atomic E-state index is 6.51. The summed E-state index contributed by atoms with van der Waals surface area (Å²) in [4.78, 5) is 2.34. The molecule has 2 nitrogen and oxygen atoms in total. The normalized spacial score (nSPS) is 11.5. The van der Waals surface area contributed by atoms with Crippen molar-refractivity contribution in [3.63, 3.8) is 0 Å². The molecule has 0 unspecified atom stereocenters. The first-order chi connectivity index (χ1) is 25.7. The van der Waals surface area contributed by atoms with Crippen LogP contribution in [0.1, 0.15) is 0 Å². The molecule has 10 aromatic rings. The lowest BCUT2D eigenvalue weighted by molar-refractivity contribution is 0.673. The van der Waals surface area contributed by atoms with Crippen molar-refractivity contribution in [1.29, 1.82) is 0 Å². The predicted molar refractivity (Wildman–Crippen MR) is 220 cm³/mol. The zero-order valence-corrected chi connectivity index (χ0v) is 28.4. The molecule has 52 heavy (non-hydrogen) atoms. The highest BCUT2D eigenvalue weighted by Crippen LogP contribution is 2.40. The molecular weight excluding hydrogens is 631 g/mol. The molecule has 0 spiro atoms. The number of hydrogen-bond acceptors (Lipinski definition) is 2. The second kappa shape index (κ2) is 12.5. The monoisotopic (exact) mass is 663 g/mol. The van der Waals surface area contributed by atoms with Gasteiger partial charge >= 0.3 is 0 Å². The summed E-state index contributed by atoms with van der Waals surface area (Å²) in [5.41, 5.74) is 12.2. The fraction of sp³-hybridized carbons (Fsp3) is 0. The summed E-state index contributed by atoms with van der Waals surface area (Å²) in [7, 11) is 0. The lowest BCUT2D eigenvalue weighted by Gasteiger charge is -2.26. The first kappa shape index (κ1) is 30.0. The van der Waals surface area contributed by atoms with Crippen LogP contribution >= 0.6 is 0 Å². The molecule has 0 bridgehead atoms. The largest absolute Gasteiger partial charge is 0.455 e. The number of fused-ring (bicyclic) bond motifs is 6. The lowest BCUT2D eigenvalue weighted by atomic mass is 10.00. The van der Waals surface area contributed by atoms with Crippen LogP contribution in [-0.2, 0) is 0 Å². The SMILES string of the molecule is c1ccc(-c2ccc(N(c3ccc(-c4ccc5c(c4)oc4c6ccccc6ccc54)cc3)c3cccc(-c4ccc5ccccc5c4)c3)cc2)cc1. The Kier molecular flexibility index (Phi) is 7.18. The average molecular weight is 664 g/mol. The molecule has 0 atom stereocenters. The number of nitrogens with zero attached hydrogens (tertiary/aromatic N) is 1. The molecule has 0 N–H and O–H groups in total. The van der Waals surface area contributed by atoms with Crippen molar-refractivity contribution in [2.75, 3.05) is 4.90 Å². The van der Waals surface area contributed by atoms with Crippen molar-refractivity contribution in [2.24, 2.45) is 0 Å². The molecule has 0 amide bonds. The van der Waals surface area contributed by atoms with Crippen LogP contribution in [0.5, 0.6) is 0 Å². The van der Waals surface area contributed by atoms with Crippen LogP contribution in [0.2, 0.25) is 0 Å². The van der Waals surface area contributed by atoms with Crippen molar-refractivity contribution in [1.82, 2.24) is 0 Å². The van der Waals surface area contributed by atoms with Crippen molar-refractivity contribution >= 4 is 60.5 Å². The maximum Gasteiger partial charge on any atom is 0.143 e. The summed E-state index contributed by atoms with van der Waals surface area (Å²) in [6.07, 6.45) is 0. The van der Waals surface area contributed by atoms with E-state index >= 15 is 0 Å². The number of rotatable bonds is 6. The highest BCUT2D eigenvalue weighted by molar-refractivity contribution is 6.15. The Morgan fingerprint density at radius 1 is 0.288 bits per heavy atom. The molecule has 0 aliphatic carbocycles. The molecule has 1 aromatic heterocycles. The van der Waals surface area contributed by atoms with Gasteiger partial charge in [-0.2, -0.15) is 0 Å². The van der Waals surface area contributed by atoms with Crippen LogP contribution in [0.3, 0.4) is 0 Å². The quantitative estimate of drug-likeness (QED) is 0.176. The third-order valence-corrected chi connectivity index (χ3v) is 10.2. The zero-order chi connectivity index (χ0) is 34.4. The third kappa shape index (κ3) is 5.30. The van der Waals surface area contributed by atoms with Gasteiger partial charge < -0.3 is 9.32 Å². The van der Waals surface area contributed by atoms with Crippen LogP contribution in [-0.4, -0.2) is 0 Å².